The molecule has 0 spiro atoms. The molecule has 2 rings (SSSR count). The van der Waals surface area contributed by atoms with E-state index in [4.69, 9.17) is 0 Å². The Hall–Kier alpha value is -1.91. The number of anilines is 1. The van der Waals surface area contributed by atoms with E-state index in [-0.39, 0.29) is 5.56 Å². The summed E-state index contributed by atoms with van der Waals surface area (Å²) in [5.41, 5.74) is 0.599. The van der Waals surface area contributed by atoms with Crippen LogP contribution < -0.4 is 10.9 Å². The first kappa shape index (κ1) is 11.6. The number of aryl methyl sites for hydroxylation is 1. The van der Waals surface area contributed by atoms with E-state index >= 15 is 0 Å². The molecule has 1 N–H and O–H groups in total. The first-order valence-corrected chi connectivity index (χ1v) is 5.79. The number of rotatable bonds is 4. The number of fused-ring (bicyclic) bond motifs is 1. The van der Waals surface area contributed by atoms with Gasteiger partial charge in [0, 0.05) is 31.2 Å². The van der Waals surface area contributed by atoms with E-state index < -0.39 is 0 Å². The number of unbranched alkanes of at least 4 members (excludes halogenated alkanes) is 1. The second-order valence-electron chi connectivity index (χ2n) is 3.98. The lowest BCUT2D eigenvalue weighted by Gasteiger charge is -2.06. The van der Waals surface area contributed by atoms with Gasteiger partial charge in [0.05, 0.1) is 0 Å². The summed E-state index contributed by atoms with van der Waals surface area (Å²) in [6, 6.07) is 3.27. The lowest BCUT2D eigenvalue weighted by molar-refractivity contribution is 0.824. The maximum Gasteiger partial charge on any atom is 0.251 e. The van der Waals surface area contributed by atoms with Gasteiger partial charge in [0.2, 0.25) is 5.95 Å². The molecule has 2 aromatic heterocycles. The van der Waals surface area contributed by atoms with Crippen molar-refractivity contribution in [1.82, 2.24) is 14.5 Å². The standard InChI is InChI=1S/C12H16N4O/c1-3-4-7-13-12-14-8-9-5-6-10(17)16(2)11(9)15-12/h5-6,8H,3-4,7H2,1-2H3,(H,13,14,15). The van der Waals surface area contributed by atoms with Crippen LogP contribution in [0.4, 0.5) is 5.95 Å². The molecule has 17 heavy (non-hydrogen) atoms. The zero-order valence-electron chi connectivity index (χ0n) is 10.1. The predicted octanol–water partition coefficient (Wildman–Crippen LogP) is 1.54. The number of hydrogen-bond donors (Lipinski definition) is 1. The molecule has 90 valence electrons. The van der Waals surface area contributed by atoms with Gasteiger partial charge in [0.25, 0.3) is 5.56 Å². The molecule has 0 unspecified atom stereocenters. The summed E-state index contributed by atoms with van der Waals surface area (Å²) in [6.07, 6.45) is 3.93. The highest BCUT2D eigenvalue weighted by molar-refractivity contribution is 5.74. The molecule has 0 aromatic carbocycles. The minimum atomic E-state index is -0.0595. The molecular weight excluding hydrogens is 216 g/mol. The summed E-state index contributed by atoms with van der Waals surface area (Å²) >= 11 is 0. The third kappa shape index (κ3) is 2.43. The molecule has 0 aliphatic heterocycles. The van der Waals surface area contributed by atoms with E-state index in [9.17, 15) is 4.79 Å². The Balaban J connectivity index is 2.35. The summed E-state index contributed by atoms with van der Waals surface area (Å²) in [5, 5.41) is 4.02. The van der Waals surface area contributed by atoms with Crippen LogP contribution in [0.2, 0.25) is 0 Å². The number of nitrogens with zero attached hydrogens (tertiary/aromatic N) is 3. The Morgan fingerprint density at radius 3 is 3.00 bits per heavy atom. The quantitative estimate of drug-likeness (QED) is 0.812. The summed E-state index contributed by atoms with van der Waals surface area (Å²) in [5.74, 6) is 0.576. The summed E-state index contributed by atoms with van der Waals surface area (Å²) in [7, 11) is 1.72. The van der Waals surface area contributed by atoms with Crippen molar-refractivity contribution in [3.05, 3.63) is 28.7 Å². The largest absolute Gasteiger partial charge is 0.354 e. The maximum atomic E-state index is 11.5. The third-order valence-electron chi connectivity index (χ3n) is 2.66. The molecule has 0 atom stereocenters. The SMILES string of the molecule is CCCCNc1ncc2ccc(=O)n(C)c2n1. The van der Waals surface area contributed by atoms with E-state index in [1.807, 2.05) is 0 Å². The van der Waals surface area contributed by atoms with Crippen molar-refractivity contribution in [2.45, 2.75) is 19.8 Å². The summed E-state index contributed by atoms with van der Waals surface area (Å²) < 4.78 is 1.53. The van der Waals surface area contributed by atoms with Crippen molar-refractivity contribution < 1.29 is 0 Å². The van der Waals surface area contributed by atoms with E-state index in [2.05, 4.69) is 22.2 Å². The van der Waals surface area contributed by atoms with Crippen LogP contribution in [0, 0.1) is 0 Å². The van der Waals surface area contributed by atoms with Crippen LogP contribution in [0.1, 0.15) is 19.8 Å². The number of pyridine rings is 1. The minimum absolute atomic E-state index is 0.0595. The average molecular weight is 232 g/mol. The average Bonchev–Trinajstić information content (AvgIpc) is 2.35. The monoisotopic (exact) mass is 232 g/mol. The van der Waals surface area contributed by atoms with Gasteiger partial charge in [-0.1, -0.05) is 13.3 Å². The molecule has 2 aromatic rings. The van der Waals surface area contributed by atoms with Crippen LogP contribution in [0.25, 0.3) is 11.0 Å². The smallest absolute Gasteiger partial charge is 0.251 e. The highest BCUT2D eigenvalue weighted by atomic mass is 16.1. The third-order valence-corrected chi connectivity index (χ3v) is 2.66. The van der Waals surface area contributed by atoms with Gasteiger partial charge in [-0.2, -0.15) is 4.98 Å². The van der Waals surface area contributed by atoms with E-state index in [0.717, 1.165) is 24.8 Å². The summed E-state index contributed by atoms with van der Waals surface area (Å²) in [6.45, 7) is 2.98. The van der Waals surface area contributed by atoms with Gasteiger partial charge in [0.15, 0.2) is 0 Å². The molecule has 2 heterocycles. The van der Waals surface area contributed by atoms with Crippen LogP contribution in [-0.2, 0) is 7.05 Å². The fraction of sp³-hybridized carbons (Fsp3) is 0.417. The van der Waals surface area contributed by atoms with Gasteiger partial charge >= 0.3 is 0 Å². The zero-order valence-corrected chi connectivity index (χ0v) is 10.1. The number of aromatic nitrogens is 3. The van der Waals surface area contributed by atoms with Crippen molar-refractivity contribution in [2.24, 2.45) is 7.05 Å². The van der Waals surface area contributed by atoms with E-state index in [1.54, 1.807) is 19.3 Å². The first-order valence-electron chi connectivity index (χ1n) is 5.79. The maximum absolute atomic E-state index is 11.5. The first-order chi connectivity index (χ1) is 8.22. The van der Waals surface area contributed by atoms with Crippen molar-refractivity contribution in [2.75, 3.05) is 11.9 Å². The molecule has 0 radical (unpaired) electrons. The van der Waals surface area contributed by atoms with Crippen molar-refractivity contribution >= 4 is 17.0 Å². The van der Waals surface area contributed by atoms with Crippen LogP contribution >= 0.6 is 0 Å². The minimum Gasteiger partial charge on any atom is -0.354 e. The Labute approximate surface area is 99.5 Å². The van der Waals surface area contributed by atoms with Gasteiger partial charge < -0.3 is 5.32 Å². The Morgan fingerprint density at radius 1 is 1.41 bits per heavy atom. The topological polar surface area (TPSA) is 59.8 Å². The molecule has 0 saturated carbocycles. The molecule has 0 aliphatic carbocycles. The lowest BCUT2D eigenvalue weighted by Crippen LogP contribution is -2.17. The summed E-state index contributed by atoms with van der Waals surface area (Å²) in [4.78, 5) is 20.0. The van der Waals surface area contributed by atoms with E-state index in [0.29, 0.717) is 11.6 Å². The molecule has 0 amide bonds. The van der Waals surface area contributed by atoms with Crippen molar-refractivity contribution in [1.29, 1.82) is 0 Å². The Bertz CT molecular complexity index is 576. The Morgan fingerprint density at radius 2 is 2.24 bits per heavy atom. The normalized spacial score (nSPS) is 10.7. The second-order valence-corrected chi connectivity index (χ2v) is 3.98. The fourth-order valence-corrected chi connectivity index (χ4v) is 1.61. The molecule has 0 saturated heterocycles. The molecule has 0 aliphatic rings. The van der Waals surface area contributed by atoms with Crippen LogP contribution in [-0.4, -0.2) is 21.1 Å². The number of nitrogens with one attached hydrogen (secondary N) is 1. The van der Waals surface area contributed by atoms with Crippen LogP contribution in [0.3, 0.4) is 0 Å². The van der Waals surface area contributed by atoms with Gasteiger partial charge in [-0.3, -0.25) is 9.36 Å². The van der Waals surface area contributed by atoms with Crippen molar-refractivity contribution in [3.63, 3.8) is 0 Å². The van der Waals surface area contributed by atoms with Crippen LogP contribution in [0.15, 0.2) is 23.1 Å². The van der Waals surface area contributed by atoms with Crippen molar-refractivity contribution in [3.8, 4) is 0 Å². The highest BCUT2D eigenvalue weighted by Crippen LogP contribution is 2.09. The molecule has 0 bridgehead atoms. The highest BCUT2D eigenvalue weighted by Gasteiger charge is 2.03. The molecular formula is C12H16N4O. The fourth-order valence-electron chi connectivity index (χ4n) is 1.61. The second kappa shape index (κ2) is 4.95. The lowest BCUT2D eigenvalue weighted by atomic mass is 10.3. The molecule has 5 nitrogen and oxygen atoms in total. The van der Waals surface area contributed by atoms with Gasteiger partial charge in [-0.05, 0) is 12.5 Å². The van der Waals surface area contributed by atoms with Crippen LogP contribution in [0.5, 0.6) is 0 Å². The number of hydrogen-bond acceptors (Lipinski definition) is 4. The van der Waals surface area contributed by atoms with Gasteiger partial charge in [-0.15, -0.1) is 0 Å². The predicted molar refractivity (Wildman–Crippen MR) is 68.2 cm³/mol. The molecule has 5 heteroatoms. The van der Waals surface area contributed by atoms with Gasteiger partial charge in [-0.25, -0.2) is 4.98 Å². The Kier molecular flexibility index (Phi) is 3.37. The van der Waals surface area contributed by atoms with E-state index in [1.165, 1.54) is 10.6 Å². The molecule has 0 fully saturated rings. The zero-order chi connectivity index (χ0) is 12.3. The van der Waals surface area contributed by atoms with Gasteiger partial charge in [0.1, 0.15) is 5.65 Å².